The maximum atomic E-state index is 12.8. The van der Waals surface area contributed by atoms with Gasteiger partial charge >= 0.3 is 0 Å². The van der Waals surface area contributed by atoms with Crippen molar-refractivity contribution >= 4 is 33.4 Å². The average molecular weight is 383 g/mol. The first kappa shape index (κ1) is 17.0. The van der Waals surface area contributed by atoms with Gasteiger partial charge < -0.3 is 15.0 Å². The number of aromatic nitrogens is 4. The molecule has 0 radical (unpaired) electrons. The van der Waals surface area contributed by atoms with Crippen LogP contribution in [0.5, 0.6) is 5.88 Å². The van der Waals surface area contributed by atoms with Crippen LogP contribution in [-0.4, -0.2) is 33.2 Å². The third kappa shape index (κ3) is 2.98. The van der Waals surface area contributed by atoms with Gasteiger partial charge in [0.05, 0.1) is 24.5 Å². The molecular weight excluding hydrogens is 366 g/mol. The molecule has 7 heteroatoms. The summed E-state index contributed by atoms with van der Waals surface area (Å²) in [6.45, 7) is 0. The number of pyridine rings is 1. The Hall–Kier alpha value is -4.13. The fourth-order valence-electron chi connectivity index (χ4n) is 3.49. The molecule has 0 aliphatic heterocycles. The van der Waals surface area contributed by atoms with Gasteiger partial charge in [-0.3, -0.25) is 9.89 Å². The highest BCUT2D eigenvalue weighted by Crippen LogP contribution is 2.34. The molecule has 0 aliphatic carbocycles. The van der Waals surface area contributed by atoms with Gasteiger partial charge in [-0.1, -0.05) is 18.2 Å². The smallest absolute Gasteiger partial charge is 0.274 e. The summed E-state index contributed by atoms with van der Waals surface area (Å²) in [5.41, 5.74) is 4.87. The van der Waals surface area contributed by atoms with Crippen molar-refractivity contribution in [3.8, 4) is 17.0 Å². The Bertz CT molecular complexity index is 1350. The lowest BCUT2D eigenvalue weighted by Gasteiger charge is -2.11. The minimum absolute atomic E-state index is 0.277. The first-order valence-corrected chi connectivity index (χ1v) is 9.09. The molecule has 0 unspecified atom stereocenters. The monoisotopic (exact) mass is 383 g/mol. The largest absolute Gasteiger partial charge is 0.481 e. The molecule has 5 aromatic rings. The van der Waals surface area contributed by atoms with Crippen molar-refractivity contribution in [2.75, 3.05) is 12.4 Å². The van der Waals surface area contributed by atoms with E-state index in [1.165, 1.54) is 7.11 Å². The molecule has 29 heavy (non-hydrogen) atoms. The number of nitrogens with zero attached hydrogens (tertiary/aromatic N) is 2. The van der Waals surface area contributed by atoms with E-state index in [1.807, 2.05) is 36.5 Å². The molecule has 1 amide bonds. The predicted molar refractivity (Wildman–Crippen MR) is 112 cm³/mol. The Morgan fingerprint density at radius 3 is 2.83 bits per heavy atom. The third-order valence-corrected chi connectivity index (χ3v) is 4.88. The van der Waals surface area contributed by atoms with Gasteiger partial charge in [0, 0.05) is 28.6 Å². The third-order valence-electron chi connectivity index (χ3n) is 4.88. The summed E-state index contributed by atoms with van der Waals surface area (Å²) in [5, 5.41) is 12.0. The number of methoxy groups -OCH3 is 1. The molecule has 2 aromatic carbocycles. The van der Waals surface area contributed by atoms with Crippen LogP contribution in [0.2, 0.25) is 0 Å². The van der Waals surface area contributed by atoms with E-state index in [1.54, 1.807) is 24.4 Å². The number of rotatable bonds is 4. The van der Waals surface area contributed by atoms with Crippen molar-refractivity contribution in [3.63, 3.8) is 0 Å². The molecule has 0 fully saturated rings. The molecule has 7 nitrogen and oxygen atoms in total. The quantitative estimate of drug-likeness (QED) is 0.429. The second kappa shape index (κ2) is 6.79. The van der Waals surface area contributed by atoms with E-state index in [0.717, 1.165) is 32.9 Å². The van der Waals surface area contributed by atoms with Crippen LogP contribution in [0.3, 0.4) is 0 Å². The van der Waals surface area contributed by atoms with Crippen LogP contribution in [0.4, 0.5) is 5.69 Å². The standard InChI is InChI=1S/C22H17N5O2/c1-29-21-7-3-6-18(25-21)22(28)26-19-10-13(11-20-16(19)12-24-27-20)14-4-2-5-17-15(14)8-9-23-17/h2-12,23H,1H3,(H,24,27)(H,26,28). The van der Waals surface area contributed by atoms with Crippen molar-refractivity contribution in [3.05, 3.63) is 72.7 Å². The summed E-state index contributed by atoms with van der Waals surface area (Å²) in [5.74, 6) is 0.0717. The van der Waals surface area contributed by atoms with Crippen LogP contribution in [0.1, 0.15) is 10.5 Å². The molecular formula is C22H17N5O2. The molecule has 0 spiro atoms. The molecule has 0 atom stereocenters. The van der Waals surface area contributed by atoms with E-state index in [4.69, 9.17) is 4.74 Å². The van der Waals surface area contributed by atoms with Crippen LogP contribution in [-0.2, 0) is 0 Å². The van der Waals surface area contributed by atoms with E-state index in [-0.39, 0.29) is 11.6 Å². The van der Waals surface area contributed by atoms with E-state index in [2.05, 4.69) is 31.5 Å². The fourth-order valence-corrected chi connectivity index (χ4v) is 3.49. The van der Waals surface area contributed by atoms with Crippen molar-refractivity contribution in [1.82, 2.24) is 20.2 Å². The van der Waals surface area contributed by atoms with Gasteiger partial charge in [0.1, 0.15) is 5.69 Å². The number of carbonyl (C=O) groups is 1. The molecule has 0 bridgehead atoms. The van der Waals surface area contributed by atoms with Crippen molar-refractivity contribution in [2.24, 2.45) is 0 Å². The summed E-state index contributed by atoms with van der Waals surface area (Å²) in [4.78, 5) is 20.2. The van der Waals surface area contributed by atoms with E-state index in [9.17, 15) is 4.79 Å². The van der Waals surface area contributed by atoms with Crippen molar-refractivity contribution < 1.29 is 9.53 Å². The second-order valence-electron chi connectivity index (χ2n) is 6.62. The van der Waals surface area contributed by atoms with Crippen molar-refractivity contribution in [2.45, 2.75) is 0 Å². The van der Waals surface area contributed by atoms with Gasteiger partial charge in [-0.2, -0.15) is 5.10 Å². The number of hydrogen-bond acceptors (Lipinski definition) is 4. The van der Waals surface area contributed by atoms with E-state index < -0.39 is 0 Å². The molecule has 0 saturated heterocycles. The van der Waals surface area contributed by atoms with Gasteiger partial charge in [-0.25, -0.2) is 4.98 Å². The average Bonchev–Trinajstić information content (AvgIpc) is 3.42. The Morgan fingerprint density at radius 2 is 1.93 bits per heavy atom. The normalized spacial score (nSPS) is 11.1. The fraction of sp³-hybridized carbons (Fsp3) is 0.0455. The number of H-pyrrole nitrogens is 2. The number of benzene rings is 2. The van der Waals surface area contributed by atoms with Crippen molar-refractivity contribution in [1.29, 1.82) is 0 Å². The topological polar surface area (TPSA) is 95.7 Å². The molecule has 0 aliphatic rings. The molecule has 5 rings (SSSR count). The number of ether oxygens (including phenoxy) is 1. The number of amides is 1. The summed E-state index contributed by atoms with van der Waals surface area (Å²) in [7, 11) is 1.52. The SMILES string of the molecule is COc1cccc(C(=O)Nc2cc(-c3cccc4[nH]ccc34)cc3[nH]ncc23)n1. The molecule has 142 valence electrons. The zero-order valence-electron chi connectivity index (χ0n) is 15.6. The molecule has 3 N–H and O–H groups in total. The zero-order chi connectivity index (χ0) is 19.8. The van der Waals surface area contributed by atoms with Crippen LogP contribution < -0.4 is 10.1 Å². The minimum atomic E-state index is -0.316. The summed E-state index contributed by atoms with van der Waals surface area (Å²) in [6.07, 6.45) is 3.62. The molecule has 3 aromatic heterocycles. The first-order valence-electron chi connectivity index (χ1n) is 9.09. The summed E-state index contributed by atoms with van der Waals surface area (Å²) >= 11 is 0. The highest BCUT2D eigenvalue weighted by Gasteiger charge is 2.14. The summed E-state index contributed by atoms with van der Waals surface area (Å²) < 4.78 is 5.11. The Morgan fingerprint density at radius 1 is 1.03 bits per heavy atom. The Balaban J connectivity index is 1.59. The number of hydrogen-bond donors (Lipinski definition) is 3. The Labute approximate surface area is 165 Å². The highest BCUT2D eigenvalue weighted by molar-refractivity contribution is 6.09. The summed E-state index contributed by atoms with van der Waals surface area (Å²) in [6, 6.07) is 17.2. The number of fused-ring (bicyclic) bond motifs is 2. The maximum absolute atomic E-state index is 12.8. The second-order valence-corrected chi connectivity index (χ2v) is 6.62. The highest BCUT2D eigenvalue weighted by atomic mass is 16.5. The van der Waals surface area contributed by atoms with E-state index >= 15 is 0 Å². The number of anilines is 1. The van der Waals surface area contributed by atoms with Crippen LogP contribution in [0.25, 0.3) is 32.9 Å². The van der Waals surface area contributed by atoms with Gasteiger partial charge in [0.15, 0.2) is 0 Å². The number of nitrogens with one attached hydrogen (secondary N) is 3. The molecule has 0 saturated carbocycles. The van der Waals surface area contributed by atoms with Gasteiger partial charge in [0.25, 0.3) is 5.91 Å². The lowest BCUT2D eigenvalue weighted by molar-refractivity contribution is 0.102. The lowest BCUT2D eigenvalue weighted by atomic mass is 9.99. The minimum Gasteiger partial charge on any atom is -0.481 e. The number of carbonyl (C=O) groups excluding carboxylic acids is 1. The maximum Gasteiger partial charge on any atom is 0.274 e. The first-order chi connectivity index (χ1) is 14.2. The van der Waals surface area contributed by atoms with Gasteiger partial charge in [-0.15, -0.1) is 0 Å². The molecule has 3 heterocycles. The zero-order valence-corrected chi connectivity index (χ0v) is 15.6. The van der Waals surface area contributed by atoms with Crippen LogP contribution in [0.15, 0.2) is 67.0 Å². The van der Waals surface area contributed by atoms with Crippen LogP contribution in [0, 0.1) is 0 Å². The van der Waals surface area contributed by atoms with Gasteiger partial charge in [0.2, 0.25) is 5.88 Å². The lowest BCUT2D eigenvalue weighted by Crippen LogP contribution is -2.14. The van der Waals surface area contributed by atoms with Crippen LogP contribution >= 0.6 is 0 Å². The number of aromatic amines is 2. The van der Waals surface area contributed by atoms with Gasteiger partial charge in [-0.05, 0) is 41.5 Å². The van der Waals surface area contributed by atoms with E-state index in [0.29, 0.717) is 11.6 Å². The Kier molecular flexibility index (Phi) is 3.98. The predicted octanol–water partition coefficient (Wildman–Crippen LogP) is 4.37.